The zero-order chi connectivity index (χ0) is 77.3. The van der Waals surface area contributed by atoms with Gasteiger partial charge in [0.1, 0.15) is 19.2 Å². The third-order valence-electron chi connectivity index (χ3n) is 17.2. The molecule has 4 atom stereocenters. The second-order valence-corrected chi connectivity index (χ2v) is 382. The molecule has 6 saturated heterocycles. The molecule has 31 heteroatoms. The van der Waals surface area contributed by atoms with E-state index in [4.69, 9.17) is 24.6 Å². The standard InChI is InChI=1S/C35H35N2O3.C21H24N2O2.C14H11BrO.C4H7N.C2H4O2.CH4.I17/c38-32(30-16-10-15-29(23-30)26-11-4-1-5-12-26)24-37-21-19-27(20-22-37)33(25-37)40-35(39)34(28-13-6-2-7-14-28)36-31-17-8-3-9-18-31;24-21(25-19-15-23-13-11-16(19)12-14-23)20(17-7-3-1-4-8-17)22-18-9-5-2-6-10-18;15-10-14(16)13-8-4-7-12(9-13)11-5-2-1-3-6-11;1-2-3-4-5;1-2(3)4;;1-10-12(4)14(6)16(8)17(9)15(7)13(5)11(2)3/h1-18,23,27,33-34,36H,19-22,24-25H2;1-10,16,19-20,22H,11-15H2;1-9H,10H2;2-3H2,1H3;1H3,(H,3,4);1H4;/q+1;;;;;;-1/t27?,33-,34+,37?;19-,20+;;;;;/m00...../s1. The smallest absolute Gasteiger partial charge is 0.333 e. The number of carbonyl (C=O) groups is 5. The van der Waals surface area contributed by atoms with Gasteiger partial charge in [-0.25, -0.2) is 9.59 Å². The molecule has 8 aromatic carbocycles. The SMILES string of the molecule is C.CC(=O)O.CCCC#N.I[I-]I(I)I(I)I(I)I(I)I(I)I(I)I(I)I.O=C(CBr)c1cccc(-c2ccccc2)c1.O=C(C[N+]12CCC(CC1)[C@@H](OC(=O)[C@H](Nc1ccccc1)c1ccccc1)C2)c1cccc(-c2ccccc2)c1.O=C(O[C@H]1CN2CCC1CC2)[C@H](Nc1ccccc1)c1ccccc1. The molecule has 6 aliphatic rings. The Kier molecular flexibility index (Phi) is 51.4. The van der Waals surface area contributed by atoms with Crippen LogP contribution in [0.25, 0.3) is 22.3 Å². The van der Waals surface area contributed by atoms with Crippen LogP contribution in [-0.2, 0) is 23.9 Å². The van der Waals surface area contributed by atoms with Gasteiger partial charge in [0, 0.05) is 61.2 Å². The van der Waals surface area contributed by atoms with Gasteiger partial charge in [0.05, 0.1) is 24.5 Å². The number of esters is 2. The largest absolute Gasteiger partial charge is 0.459 e. The molecule has 4 bridgehead atoms. The van der Waals surface area contributed by atoms with Crippen molar-refractivity contribution in [3.63, 3.8) is 0 Å². The number of ether oxygens (including phenoxy) is 2. The quantitative estimate of drug-likeness (QED) is 0.0163. The third kappa shape index (κ3) is 34.4. The number of ketones is 2. The van der Waals surface area contributed by atoms with Crippen molar-refractivity contribution in [1.82, 2.24) is 4.90 Å². The maximum Gasteiger partial charge on any atom is 0.333 e. The van der Waals surface area contributed by atoms with Crippen molar-refractivity contribution in [3.8, 4) is 28.3 Å². The maximum atomic E-state index is 13.7. The number of halogens is 18. The minimum Gasteiger partial charge on any atom is -0.459 e. The zero-order valence-electron chi connectivity index (χ0n) is 57.8. The molecule has 6 fully saturated rings. The molecule has 14 rings (SSSR count). The molecule has 108 heavy (non-hydrogen) atoms. The summed E-state index contributed by atoms with van der Waals surface area (Å²) in [5, 5.41) is 22.3. The number of nitriles is 1. The van der Waals surface area contributed by atoms with Crippen LogP contribution in [0.4, 0.5) is 11.4 Å². The summed E-state index contributed by atoms with van der Waals surface area (Å²) in [6.07, 6.45) is 5.73. The predicted octanol–water partition coefficient (Wildman–Crippen LogP) is 27.2. The normalized spacial score (nSPS) is 19.0. The Labute approximate surface area is 767 Å². The van der Waals surface area contributed by atoms with Gasteiger partial charge in [-0.3, -0.25) is 19.3 Å². The van der Waals surface area contributed by atoms with Crippen molar-refractivity contribution >= 4 is 280 Å². The molecule has 6 heterocycles. The summed E-state index contributed by atoms with van der Waals surface area (Å²) in [5.41, 5.74) is 9.44. The van der Waals surface area contributed by atoms with Gasteiger partial charge >= 0.3 is 248 Å². The number of hydrogen-bond acceptors (Lipinski definition) is 11. The van der Waals surface area contributed by atoms with Crippen LogP contribution < -0.4 is 23.9 Å². The topological polar surface area (TPSA) is 175 Å². The van der Waals surface area contributed by atoms with Gasteiger partial charge in [0.25, 0.3) is 5.97 Å². The van der Waals surface area contributed by atoms with E-state index in [-0.39, 0.29) is 90.5 Å². The summed E-state index contributed by atoms with van der Waals surface area (Å²) in [6.45, 7) is 9.26. The van der Waals surface area contributed by atoms with Gasteiger partial charge in [-0.05, 0) is 108 Å². The number of rotatable bonds is 25. The number of carbonyl (C=O) groups excluding carboxylic acids is 4. The fourth-order valence-corrected chi connectivity index (χ4v) is 2320. The molecule has 6 aliphatic heterocycles. The van der Waals surface area contributed by atoms with Crippen LogP contribution in [0.15, 0.2) is 231 Å². The zero-order valence-corrected chi connectivity index (χ0v) is 96.0. The number of aliphatic carboxylic acids is 1. The first-order chi connectivity index (χ1) is 51.6. The second kappa shape index (κ2) is 55.4. The number of carboxylic acids is 1. The molecule has 0 amide bonds. The van der Waals surface area contributed by atoms with Crippen molar-refractivity contribution in [2.75, 3.05) is 61.8 Å². The summed E-state index contributed by atoms with van der Waals surface area (Å²) in [5.74, 6) is -0.174. The van der Waals surface area contributed by atoms with Crippen LogP contribution in [0, 0.1) is 23.2 Å². The van der Waals surface area contributed by atoms with Crippen molar-refractivity contribution in [2.24, 2.45) is 11.8 Å². The second-order valence-electron chi connectivity index (χ2n) is 24.3. The average molecular weight is 3450 g/mol. The summed E-state index contributed by atoms with van der Waals surface area (Å²) in [6, 6.07) is 75.9. The minimum absolute atomic E-state index is 0. The molecule has 0 radical (unpaired) electrons. The van der Waals surface area contributed by atoms with Crippen LogP contribution in [0.5, 0.6) is 0 Å². The molecular weight excluding hydrogens is 3360 g/mol. The molecule has 0 aromatic heterocycles. The van der Waals surface area contributed by atoms with E-state index in [1.807, 2.05) is 231 Å². The Hall–Kier alpha value is 3.41. The molecule has 8 aromatic rings. The number of fused-ring (bicyclic) bond motifs is 6. The number of carboxylic acid groups (broad SMARTS) is 1. The van der Waals surface area contributed by atoms with Gasteiger partial charge in [0.2, 0.25) is 5.78 Å². The number of para-hydroxylation sites is 2. The number of unbranched alkanes of at least 4 members (excludes halogenated alkanes) is 1. The predicted molar refractivity (Wildman–Crippen MR) is 591 cm³/mol. The van der Waals surface area contributed by atoms with E-state index in [2.05, 4.69) is 211 Å². The number of benzene rings is 8. The molecule has 0 unspecified atom stereocenters. The number of Topliss-reactive ketones (excluding diaryl/α,β-unsaturated/α-hetero) is 2. The van der Waals surface area contributed by atoms with Crippen LogP contribution in [0.1, 0.15) is 104 Å². The third-order valence-corrected chi connectivity index (χ3v) is 1090. The van der Waals surface area contributed by atoms with E-state index in [1.54, 1.807) is 0 Å². The molecule has 0 spiro atoms. The number of nitrogens with one attached hydrogen (secondary N) is 2. The van der Waals surface area contributed by atoms with E-state index in [1.165, 1.54) is 0 Å². The number of nitrogens with zero attached hydrogens (tertiary/aromatic N) is 3. The Morgan fingerprint density at radius 1 is 0.556 bits per heavy atom. The summed E-state index contributed by atoms with van der Waals surface area (Å²) < 4.78 is 12.9. The van der Waals surface area contributed by atoms with E-state index in [9.17, 15) is 19.2 Å². The summed E-state index contributed by atoms with van der Waals surface area (Å²) in [7, 11) is -2.48. The molecule has 0 saturated carbocycles. The van der Waals surface area contributed by atoms with Gasteiger partial charge in [-0.15, -0.1) is 0 Å². The number of hydrogen-bond donors (Lipinski definition) is 3. The van der Waals surface area contributed by atoms with Gasteiger partial charge in [-0.1, -0.05) is 224 Å². The van der Waals surface area contributed by atoms with Crippen molar-refractivity contribution in [3.05, 3.63) is 253 Å². The summed E-state index contributed by atoms with van der Waals surface area (Å²) >= 11 is 30.8. The fraction of sp³-hybridized carbons (Fsp3) is 0.299. The molecule has 0 aliphatic carbocycles. The van der Waals surface area contributed by atoms with Crippen LogP contribution in [-0.4, -0.2) is 107 Å². The first kappa shape index (κ1) is 100. The Bertz CT molecular complexity index is 4040. The first-order valence-corrected chi connectivity index (χ1v) is 135. The van der Waals surface area contributed by atoms with Crippen molar-refractivity contribution < 1.29 is 56.3 Å². The Morgan fingerprint density at radius 2 is 0.935 bits per heavy atom. The van der Waals surface area contributed by atoms with Crippen molar-refractivity contribution in [1.29, 1.82) is 5.26 Å². The first-order valence-electron chi connectivity index (χ1n) is 33.3. The van der Waals surface area contributed by atoms with Crippen LogP contribution >= 0.6 is 239 Å². The van der Waals surface area contributed by atoms with Gasteiger partial charge < -0.3 is 29.7 Å². The fourth-order valence-electron chi connectivity index (χ4n) is 12.1. The van der Waals surface area contributed by atoms with E-state index in [0.717, 1.165) is 128 Å². The number of alkyl halides is 1. The van der Waals surface area contributed by atoms with Gasteiger partial charge in [0.15, 0.2) is 24.0 Å². The number of anilines is 2. The number of quaternary nitrogens is 1. The van der Waals surface area contributed by atoms with E-state index < -0.39 is 25.9 Å². The van der Waals surface area contributed by atoms with Crippen molar-refractivity contribution in [2.45, 2.75) is 84.1 Å². The van der Waals surface area contributed by atoms with Crippen LogP contribution in [0.3, 0.4) is 0 Å². The average Bonchev–Trinajstić information content (AvgIpc) is 0.761. The summed E-state index contributed by atoms with van der Waals surface area (Å²) in [4.78, 5) is 63.2. The van der Waals surface area contributed by atoms with E-state index in [0.29, 0.717) is 54.4 Å². The Balaban J connectivity index is 0.000000230. The Morgan fingerprint density at radius 3 is 1.31 bits per heavy atom. The monoisotopic (exact) mass is 3440 g/mol. The van der Waals surface area contributed by atoms with E-state index >= 15 is 0 Å². The molecule has 3 N–H and O–H groups in total. The van der Waals surface area contributed by atoms with Gasteiger partial charge in [-0.2, -0.15) is 5.26 Å². The molecule has 592 valence electrons. The van der Waals surface area contributed by atoms with Crippen LogP contribution in [0.2, 0.25) is 0 Å². The molecule has 13 nitrogen and oxygen atoms in total. The number of piperidine rings is 6. The minimum atomic E-state index is -0.833. The maximum absolute atomic E-state index is 13.7. The molecular formula is C77H85BrI17N5O8.